The molecule has 2 aromatic carbocycles. The van der Waals surface area contributed by atoms with E-state index in [4.69, 9.17) is 4.98 Å². The molecule has 1 aliphatic carbocycles. The zero-order valence-corrected chi connectivity index (χ0v) is 22.0. The molecule has 0 bridgehead atoms. The number of nitrogens with zero attached hydrogens (tertiary/aromatic N) is 4. The smallest absolute Gasteiger partial charge is 0.157 e. The highest BCUT2D eigenvalue weighted by atomic mass is 19.1. The van der Waals surface area contributed by atoms with Crippen LogP contribution in [-0.2, 0) is 0 Å². The maximum atomic E-state index is 15.3. The molecule has 1 aliphatic rings. The van der Waals surface area contributed by atoms with Crippen LogP contribution in [0.2, 0.25) is 0 Å². The number of imidazole rings is 1. The second-order valence-corrected chi connectivity index (χ2v) is 10.5. The molecule has 41 heavy (non-hydrogen) atoms. The van der Waals surface area contributed by atoms with Gasteiger partial charge in [-0.15, -0.1) is 0 Å². The number of hydrogen-bond acceptors (Lipinski definition) is 6. The topological polar surface area (TPSA) is 115 Å². The summed E-state index contributed by atoms with van der Waals surface area (Å²) in [5, 5.41) is 21.6. The number of pyridine rings is 2. The Bertz CT molecular complexity index is 1880. The molecule has 8 nitrogen and oxygen atoms in total. The summed E-state index contributed by atoms with van der Waals surface area (Å²) in [5.41, 5.74) is 4.52. The molecule has 0 radical (unpaired) electrons. The summed E-state index contributed by atoms with van der Waals surface area (Å²) in [4.78, 5) is 16.7. The van der Waals surface area contributed by atoms with Crippen LogP contribution in [0.3, 0.4) is 0 Å². The fraction of sp³-hybridized carbons (Fsp3) is 0.226. The fourth-order valence-corrected chi connectivity index (χ4v) is 5.74. The number of H-pyrrole nitrogens is 2. The van der Waals surface area contributed by atoms with Crippen molar-refractivity contribution in [3.05, 3.63) is 78.8 Å². The first kappa shape index (κ1) is 25.3. The monoisotopic (exact) mass is 551 g/mol. The molecule has 1 unspecified atom stereocenters. The van der Waals surface area contributed by atoms with Gasteiger partial charge in [0.25, 0.3) is 0 Å². The number of fused-ring (bicyclic) bond motifs is 2. The maximum absolute atomic E-state index is 15.3. The van der Waals surface area contributed by atoms with Crippen molar-refractivity contribution in [1.29, 1.82) is 0 Å². The number of aliphatic hydroxyl groups excluding tert-OH is 1. The van der Waals surface area contributed by atoms with E-state index in [9.17, 15) is 9.50 Å². The molecular weight excluding hydrogens is 524 g/mol. The number of hydrogen-bond donors (Lipinski definition) is 4. The predicted molar refractivity (Wildman–Crippen MR) is 154 cm³/mol. The first-order valence-electron chi connectivity index (χ1n) is 13.7. The van der Waals surface area contributed by atoms with Crippen molar-refractivity contribution >= 4 is 27.6 Å². The Balaban J connectivity index is 1.26. The van der Waals surface area contributed by atoms with Gasteiger partial charge >= 0.3 is 0 Å². The SMILES string of the molecule is OC(Nc1cncc(-c2cc(F)c3n[nH]c(-c4nc5c(-c6ccccc6F)nccc5[nH]4)c3c2)c1)C1CCCCC1. The molecule has 206 valence electrons. The summed E-state index contributed by atoms with van der Waals surface area (Å²) in [6.45, 7) is 0. The second kappa shape index (κ2) is 10.4. The van der Waals surface area contributed by atoms with Crippen molar-refractivity contribution in [1.82, 2.24) is 30.1 Å². The molecule has 0 aliphatic heterocycles. The normalized spacial score (nSPS) is 15.0. The van der Waals surface area contributed by atoms with Crippen LogP contribution in [0.5, 0.6) is 0 Å². The minimum Gasteiger partial charge on any atom is -0.374 e. The van der Waals surface area contributed by atoms with Gasteiger partial charge in [0, 0.05) is 34.8 Å². The minimum absolute atomic E-state index is 0.173. The molecule has 4 heterocycles. The summed E-state index contributed by atoms with van der Waals surface area (Å²) in [6.07, 6.45) is 9.69. The van der Waals surface area contributed by atoms with E-state index < -0.39 is 17.9 Å². The molecule has 4 aromatic heterocycles. The Morgan fingerprint density at radius 3 is 2.63 bits per heavy atom. The van der Waals surface area contributed by atoms with Crippen molar-refractivity contribution in [2.75, 3.05) is 5.32 Å². The summed E-state index contributed by atoms with van der Waals surface area (Å²) in [6, 6.07) is 13.3. The summed E-state index contributed by atoms with van der Waals surface area (Å²) >= 11 is 0. The van der Waals surface area contributed by atoms with Crippen molar-refractivity contribution in [3.63, 3.8) is 0 Å². The molecule has 4 N–H and O–H groups in total. The third-order valence-electron chi connectivity index (χ3n) is 7.86. The lowest BCUT2D eigenvalue weighted by molar-refractivity contribution is 0.109. The number of halogens is 2. The van der Waals surface area contributed by atoms with E-state index in [0.717, 1.165) is 25.7 Å². The Kier molecular flexibility index (Phi) is 6.39. The van der Waals surface area contributed by atoms with Crippen molar-refractivity contribution < 1.29 is 13.9 Å². The van der Waals surface area contributed by atoms with Crippen LogP contribution < -0.4 is 5.32 Å². The third-order valence-corrected chi connectivity index (χ3v) is 7.86. The average molecular weight is 552 g/mol. The highest BCUT2D eigenvalue weighted by Crippen LogP contribution is 2.35. The van der Waals surface area contributed by atoms with E-state index in [-0.39, 0.29) is 11.4 Å². The number of anilines is 1. The second-order valence-electron chi connectivity index (χ2n) is 10.5. The number of benzene rings is 2. The van der Waals surface area contributed by atoms with Crippen LogP contribution in [0.15, 0.2) is 67.1 Å². The molecule has 1 fully saturated rings. The predicted octanol–water partition coefficient (Wildman–Crippen LogP) is 6.82. The van der Waals surface area contributed by atoms with E-state index >= 15 is 4.39 Å². The minimum atomic E-state index is -0.663. The zero-order valence-electron chi connectivity index (χ0n) is 22.0. The molecular formula is C31H27F2N7O. The average Bonchev–Trinajstić information content (AvgIpc) is 3.63. The van der Waals surface area contributed by atoms with E-state index in [1.54, 1.807) is 42.9 Å². The number of aromatic nitrogens is 6. The number of rotatable bonds is 6. The molecule has 0 amide bonds. The molecule has 10 heteroatoms. The fourth-order valence-electron chi connectivity index (χ4n) is 5.74. The van der Waals surface area contributed by atoms with Crippen LogP contribution in [-0.4, -0.2) is 41.5 Å². The van der Waals surface area contributed by atoms with E-state index in [1.807, 2.05) is 12.1 Å². The summed E-state index contributed by atoms with van der Waals surface area (Å²) in [5.74, 6) is -0.265. The van der Waals surface area contributed by atoms with Gasteiger partial charge < -0.3 is 15.4 Å². The first-order valence-corrected chi connectivity index (χ1v) is 13.7. The molecule has 0 saturated heterocycles. The first-order chi connectivity index (χ1) is 20.0. The van der Waals surface area contributed by atoms with Crippen molar-refractivity contribution in [2.24, 2.45) is 5.92 Å². The van der Waals surface area contributed by atoms with Crippen molar-refractivity contribution in [2.45, 2.75) is 38.3 Å². The molecule has 6 aromatic rings. The van der Waals surface area contributed by atoms with E-state index in [1.165, 1.54) is 18.6 Å². The quantitative estimate of drug-likeness (QED) is 0.169. The number of nitrogens with one attached hydrogen (secondary N) is 3. The largest absolute Gasteiger partial charge is 0.374 e. The Morgan fingerprint density at radius 1 is 0.927 bits per heavy atom. The van der Waals surface area contributed by atoms with Crippen LogP contribution in [0, 0.1) is 17.6 Å². The van der Waals surface area contributed by atoms with Gasteiger partial charge in [-0.1, -0.05) is 31.4 Å². The zero-order chi connectivity index (χ0) is 27.9. The van der Waals surface area contributed by atoms with Crippen molar-refractivity contribution in [3.8, 4) is 33.9 Å². The van der Waals surface area contributed by atoms with Crippen LogP contribution in [0.4, 0.5) is 14.5 Å². The Hall–Kier alpha value is -4.70. The standard InChI is InChI=1S/C31H27F2N7O/c32-23-9-5-4-8-21(23)27-29-25(10-11-35-27)37-30(38-29)28-22-13-18(14-24(33)26(22)39-40-28)19-12-20(16-34-15-19)36-31(41)17-6-2-1-3-7-17/h4-5,8-17,31,36,41H,1-3,6-7H2,(H,37,38)(H,39,40). The lowest BCUT2D eigenvalue weighted by Crippen LogP contribution is -2.30. The van der Waals surface area contributed by atoms with Gasteiger partial charge in [0.2, 0.25) is 0 Å². The highest BCUT2D eigenvalue weighted by molar-refractivity contribution is 5.98. The molecule has 7 rings (SSSR count). The van der Waals surface area contributed by atoms with Gasteiger partial charge in [-0.25, -0.2) is 13.8 Å². The van der Waals surface area contributed by atoms with Gasteiger partial charge in [-0.05, 0) is 54.8 Å². The van der Waals surface area contributed by atoms with Gasteiger partial charge in [-0.2, -0.15) is 5.10 Å². The number of aromatic amines is 2. The van der Waals surface area contributed by atoms with Gasteiger partial charge in [0.1, 0.15) is 34.5 Å². The number of aliphatic hydroxyl groups is 1. The maximum Gasteiger partial charge on any atom is 0.157 e. The lowest BCUT2D eigenvalue weighted by Gasteiger charge is -2.27. The Labute approximate surface area is 233 Å². The summed E-state index contributed by atoms with van der Waals surface area (Å²) in [7, 11) is 0. The van der Waals surface area contributed by atoms with Crippen LogP contribution in [0.25, 0.3) is 55.8 Å². The Morgan fingerprint density at radius 2 is 1.78 bits per heavy atom. The molecule has 1 atom stereocenters. The molecule has 1 saturated carbocycles. The van der Waals surface area contributed by atoms with E-state index in [0.29, 0.717) is 56.0 Å². The van der Waals surface area contributed by atoms with Crippen LogP contribution >= 0.6 is 0 Å². The van der Waals surface area contributed by atoms with Crippen LogP contribution in [0.1, 0.15) is 32.1 Å². The van der Waals surface area contributed by atoms with E-state index in [2.05, 4.69) is 30.5 Å². The molecule has 0 spiro atoms. The van der Waals surface area contributed by atoms with Gasteiger partial charge in [0.05, 0.1) is 17.4 Å². The summed E-state index contributed by atoms with van der Waals surface area (Å²) < 4.78 is 29.9. The third kappa shape index (κ3) is 4.70. The van der Waals surface area contributed by atoms with Gasteiger partial charge in [-0.3, -0.25) is 15.1 Å². The van der Waals surface area contributed by atoms with Gasteiger partial charge in [0.15, 0.2) is 11.6 Å². The highest BCUT2D eigenvalue weighted by Gasteiger charge is 2.22. The lowest BCUT2D eigenvalue weighted by atomic mass is 9.88.